The van der Waals surface area contributed by atoms with Crippen LogP contribution in [-0.2, 0) is 0 Å². The fourth-order valence-corrected chi connectivity index (χ4v) is 3.08. The first-order valence-electron chi connectivity index (χ1n) is 8.21. The normalized spacial score (nSPS) is 12.1. The average molecular weight is 398 g/mol. The van der Waals surface area contributed by atoms with Crippen LogP contribution in [0, 0.1) is 0 Å². The molecule has 0 spiro atoms. The third-order valence-corrected chi connectivity index (χ3v) is 5.10. The van der Waals surface area contributed by atoms with E-state index < -0.39 is 0 Å². The first-order chi connectivity index (χ1) is 13.1. The first-order valence-corrected chi connectivity index (χ1v) is 9.44. The van der Waals surface area contributed by atoms with Gasteiger partial charge in [-0.15, -0.1) is 11.3 Å². The Hall–Kier alpha value is -2.91. The molecule has 0 aliphatic rings. The Bertz CT molecular complexity index is 973. The summed E-state index contributed by atoms with van der Waals surface area (Å²) in [4.78, 5) is 9.05. The summed E-state index contributed by atoms with van der Waals surface area (Å²) in [7, 11) is 1.73. The molecule has 0 aliphatic heterocycles. The number of nitrogens with zero attached hydrogens (tertiary/aromatic N) is 4. The summed E-state index contributed by atoms with van der Waals surface area (Å²) in [6, 6.07) is 11.9. The van der Waals surface area contributed by atoms with Gasteiger partial charge in [0.25, 0.3) is 0 Å². The summed E-state index contributed by atoms with van der Waals surface area (Å²) in [6.07, 6.45) is 1.79. The van der Waals surface area contributed by atoms with Gasteiger partial charge in [-0.2, -0.15) is 10.2 Å². The Morgan fingerprint density at radius 2 is 1.85 bits per heavy atom. The van der Waals surface area contributed by atoms with Gasteiger partial charge in [0.1, 0.15) is 10.8 Å². The molecule has 138 valence electrons. The van der Waals surface area contributed by atoms with E-state index >= 15 is 0 Å². The van der Waals surface area contributed by atoms with E-state index in [1.54, 1.807) is 24.6 Å². The fourth-order valence-electron chi connectivity index (χ4n) is 2.08. The van der Waals surface area contributed by atoms with Crippen molar-refractivity contribution in [2.75, 3.05) is 12.5 Å². The summed E-state index contributed by atoms with van der Waals surface area (Å²) in [5.41, 5.74) is 9.07. The third kappa shape index (κ3) is 4.83. The van der Waals surface area contributed by atoms with Crippen molar-refractivity contribution in [2.45, 2.75) is 13.8 Å². The lowest BCUT2D eigenvalue weighted by Gasteiger charge is -2.05. The van der Waals surface area contributed by atoms with E-state index in [9.17, 15) is 0 Å². The van der Waals surface area contributed by atoms with Crippen LogP contribution in [0.1, 0.15) is 13.8 Å². The average Bonchev–Trinajstić information content (AvgIpc) is 3.14. The number of thiazole rings is 1. The fraction of sp³-hybridized carbons (Fsp3) is 0.167. The molecule has 0 bridgehead atoms. The Morgan fingerprint density at radius 3 is 2.56 bits per heavy atom. The maximum absolute atomic E-state index is 4.98. The van der Waals surface area contributed by atoms with Crippen molar-refractivity contribution in [1.29, 1.82) is 0 Å². The minimum absolute atomic E-state index is 0.446. The highest BCUT2D eigenvalue weighted by Crippen LogP contribution is 2.29. The molecule has 2 aromatic heterocycles. The highest BCUT2D eigenvalue weighted by Gasteiger charge is 2.06. The number of hydrazone groups is 2. The monoisotopic (exact) mass is 397 g/mol. The van der Waals surface area contributed by atoms with Crippen molar-refractivity contribution in [2.24, 2.45) is 10.2 Å². The smallest absolute Gasteiger partial charge is 0.186 e. The van der Waals surface area contributed by atoms with Crippen LogP contribution in [0.5, 0.6) is 0 Å². The van der Waals surface area contributed by atoms with Crippen molar-refractivity contribution in [1.82, 2.24) is 20.7 Å². The van der Waals surface area contributed by atoms with Gasteiger partial charge in [-0.05, 0) is 50.3 Å². The zero-order valence-electron chi connectivity index (χ0n) is 15.1. The zero-order chi connectivity index (χ0) is 19.2. The van der Waals surface area contributed by atoms with Crippen LogP contribution in [0.2, 0.25) is 0 Å². The molecule has 0 fully saturated rings. The Kier molecular flexibility index (Phi) is 6.05. The van der Waals surface area contributed by atoms with Crippen LogP contribution in [0.25, 0.3) is 20.8 Å². The summed E-state index contributed by atoms with van der Waals surface area (Å²) in [5, 5.41) is 12.6. The molecule has 0 saturated heterocycles. The van der Waals surface area contributed by atoms with Gasteiger partial charge in [0.15, 0.2) is 5.11 Å². The number of aromatic nitrogens is 2. The van der Waals surface area contributed by atoms with E-state index in [4.69, 9.17) is 12.2 Å². The number of pyridine rings is 1. The van der Waals surface area contributed by atoms with Crippen LogP contribution < -0.4 is 16.2 Å². The molecule has 7 nitrogen and oxygen atoms in total. The first kappa shape index (κ1) is 18.9. The van der Waals surface area contributed by atoms with E-state index in [1.807, 2.05) is 44.2 Å². The van der Waals surface area contributed by atoms with Gasteiger partial charge >= 0.3 is 0 Å². The Morgan fingerprint density at radius 1 is 1.07 bits per heavy atom. The van der Waals surface area contributed by atoms with Gasteiger partial charge in [-0.3, -0.25) is 10.9 Å². The summed E-state index contributed by atoms with van der Waals surface area (Å²) >= 11 is 6.63. The van der Waals surface area contributed by atoms with Crippen molar-refractivity contribution in [3.8, 4) is 10.6 Å². The molecular formula is C18H19N7S2. The van der Waals surface area contributed by atoms with E-state index in [0.29, 0.717) is 16.6 Å². The van der Waals surface area contributed by atoms with Crippen LogP contribution in [0.3, 0.4) is 0 Å². The molecule has 1 aromatic carbocycles. The van der Waals surface area contributed by atoms with Gasteiger partial charge in [0.05, 0.1) is 21.6 Å². The number of hydrogen-bond acceptors (Lipinski definition) is 7. The number of rotatable bonds is 5. The number of hydrogen-bond donors (Lipinski definition) is 3. The van der Waals surface area contributed by atoms with Crippen LogP contribution in [0.15, 0.2) is 52.8 Å². The van der Waals surface area contributed by atoms with E-state index in [0.717, 1.165) is 26.5 Å². The second kappa shape index (κ2) is 8.65. The predicted molar refractivity (Wildman–Crippen MR) is 117 cm³/mol. The lowest BCUT2D eigenvalue weighted by molar-refractivity contribution is 0.976. The summed E-state index contributed by atoms with van der Waals surface area (Å²) in [5.74, 6) is 0.644. The van der Waals surface area contributed by atoms with Crippen LogP contribution in [0.4, 0.5) is 5.82 Å². The molecular weight excluding hydrogens is 378 g/mol. The molecule has 2 heterocycles. The Labute approximate surface area is 166 Å². The SMILES string of the molecule is CNC(=S)NN=C(C)C(C)=NNc1ccc(-c2nc3ccccc3s2)cn1. The van der Waals surface area contributed by atoms with Crippen LogP contribution >= 0.6 is 23.6 Å². The zero-order valence-corrected chi connectivity index (χ0v) is 16.8. The lowest BCUT2D eigenvalue weighted by atomic mass is 10.3. The molecule has 0 saturated carbocycles. The molecule has 0 radical (unpaired) electrons. The molecule has 9 heteroatoms. The number of anilines is 1. The largest absolute Gasteiger partial charge is 0.364 e. The molecule has 27 heavy (non-hydrogen) atoms. The van der Waals surface area contributed by atoms with Crippen molar-refractivity contribution in [3.05, 3.63) is 42.6 Å². The topological polar surface area (TPSA) is 86.6 Å². The standard InChI is InChI=1S/C18H19N7S2/c1-11(12(2)23-25-18(26)19-3)22-24-16-9-8-13(10-20-16)17-21-14-6-4-5-7-15(14)27-17/h4-10H,1-3H3,(H,20,24)(H2,19,25,26). The lowest BCUT2D eigenvalue weighted by Crippen LogP contribution is -2.30. The minimum atomic E-state index is 0.446. The number of fused-ring (bicyclic) bond motifs is 1. The van der Waals surface area contributed by atoms with E-state index in [2.05, 4.69) is 42.4 Å². The van der Waals surface area contributed by atoms with E-state index in [-0.39, 0.29) is 0 Å². The highest BCUT2D eigenvalue weighted by atomic mass is 32.1. The second-order valence-corrected chi connectivity index (χ2v) is 7.05. The van der Waals surface area contributed by atoms with Gasteiger partial charge < -0.3 is 5.32 Å². The number of para-hydroxylation sites is 1. The van der Waals surface area contributed by atoms with Gasteiger partial charge in [-0.25, -0.2) is 9.97 Å². The minimum Gasteiger partial charge on any atom is -0.364 e. The highest BCUT2D eigenvalue weighted by molar-refractivity contribution is 7.80. The van der Waals surface area contributed by atoms with Gasteiger partial charge in [0.2, 0.25) is 0 Å². The maximum Gasteiger partial charge on any atom is 0.186 e. The molecule has 3 rings (SSSR count). The van der Waals surface area contributed by atoms with Gasteiger partial charge in [-0.1, -0.05) is 12.1 Å². The number of benzene rings is 1. The van der Waals surface area contributed by atoms with Crippen molar-refractivity contribution < 1.29 is 0 Å². The van der Waals surface area contributed by atoms with E-state index in [1.165, 1.54) is 0 Å². The number of thiocarbonyl (C=S) groups is 1. The summed E-state index contributed by atoms with van der Waals surface area (Å²) < 4.78 is 1.16. The Balaban J connectivity index is 1.67. The molecule has 3 N–H and O–H groups in total. The predicted octanol–water partition coefficient (Wildman–Crippen LogP) is 3.62. The van der Waals surface area contributed by atoms with Crippen LogP contribution in [-0.4, -0.2) is 33.6 Å². The molecule has 0 atom stereocenters. The second-order valence-electron chi connectivity index (χ2n) is 5.62. The molecule has 3 aromatic rings. The maximum atomic E-state index is 4.98. The molecule has 0 unspecified atom stereocenters. The van der Waals surface area contributed by atoms with Crippen molar-refractivity contribution >= 4 is 56.1 Å². The van der Waals surface area contributed by atoms with Gasteiger partial charge in [0, 0.05) is 18.8 Å². The molecule has 0 amide bonds. The van der Waals surface area contributed by atoms with Crippen molar-refractivity contribution in [3.63, 3.8) is 0 Å². The summed E-state index contributed by atoms with van der Waals surface area (Å²) in [6.45, 7) is 3.70. The quantitative estimate of drug-likeness (QED) is 0.346. The molecule has 0 aliphatic carbocycles. The number of nitrogens with one attached hydrogen (secondary N) is 3. The third-order valence-electron chi connectivity index (χ3n) is 3.72.